The van der Waals surface area contributed by atoms with E-state index in [4.69, 9.17) is 5.26 Å². The highest BCUT2D eigenvalue weighted by molar-refractivity contribution is 5.75. The van der Waals surface area contributed by atoms with Crippen molar-refractivity contribution in [2.75, 3.05) is 0 Å². The molecule has 1 aromatic rings. The van der Waals surface area contributed by atoms with Crippen LogP contribution in [0.1, 0.15) is 24.5 Å². The van der Waals surface area contributed by atoms with Crippen LogP contribution >= 0.6 is 0 Å². The topological polar surface area (TPSA) is 23.8 Å². The maximum absolute atomic E-state index is 8.95. The van der Waals surface area contributed by atoms with Crippen molar-refractivity contribution in [2.24, 2.45) is 0 Å². The Morgan fingerprint density at radius 2 is 2.07 bits per heavy atom. The number of nitriles is 1. The molecular weight excluding hydrogens is 170 g/mol. The van der Waals surface area contributed by atoms with Crippen molar-refractivity contribution in [3.05, 3.63) is 53.1 Å². The normalized spacial score (nSPS) is 14.6. The van der Waals surface area contributed by atoms with Gasteiger partial charge in [-0.25, -0.2) is 0 Å². The molecular formula is C13H11N. The van der Waals surface area contributed by atoms with Gasteiger partial charge in [-0.1, -0.05) is 35.9 Å². The molecule has 0 N–H and O–H groups in total. The Balaban J connectivity index is 2.44. The summed E-state index contributed by atoms with van der Waals surface area (Å²) >= 11 is 0. The van der Waals surface area contributed by atoms with E-state index in [-0.39, 0.29) is 0 Å². The molecule has 0 unspecified atom stereocenters. The second-order valence-corrected chi connectivity index (χ2v) is 3.48. The predicted octanol–water partition coefficient (Wildman–Crippen LogP) is 3.29. The average Bonchev–Trinajstić information content (AvgIpc) is 2.65. The lowest BCUT2D eigenvalue weighted by Gasteiger charge is -2.03. The van der Waals surface area contributed by atoms with E-state index in [9.17, 15) is 0 Å². The van der Waals surface area contributed by atoms with Crippen LogP contribution in [0.5, 0.6) is 0 Å². The zero-order valence-corrected chi connectivity index (χ0v) is 8.12. The van der Waals surface area contributed by atoms with Crippen molar-refractivity contribution in [1.82, 2.24) is 0 Å². The average molecular weight is 181 g/mol. The summed E-state index contributed by atoms with van der Waals surface area (Å²) < 4.78 is 0. The van der Waals surface area contributed by atoms with Gasteiger partial charge >= 0.3 is 0 Å². The Bertz CT molecular complexity index is 458. The summed E-state index contributed by atoms with van der Waals surface area (Å²) in [5, 5.41) is 8.95. The molecule has 0 aliphatic heterocycles. The third-order valence-electron chi connectivity index (χ3n) is 2.44. The minimum Gasteiger partial charge on any atom is -0.192 e. The largest absolute Gasteiger partial charge is 0.192 e. The summed E-state index contributed by atoms with van der Waals surface area (Å²) in [5.74, 6) is 0. The number of benzene rings is 1. The fourth-order valence-electron chi connectivity index (χ4n) is 1.71. The summed E-state index contributed by atoms with van der Waals surface area (Å²) in [6.45, 7) is 2.09. The summed E-state index contributed by atoms with van der Waals surface area (Å²) in [6.07, 6.45) is 5.28. The Hall–Kier alpha value is -1.81. The van der Waals surface area contributed by atoms with E-state index < -0.39 is 0 Å². The molecule has 0 aromatic heterocycles. The van der Waals surface area contributed by atoms with Crippen molar-refractivity contribution in [1.29, 1.82) is 5.26 Å². The van der Waals surface area contributed by atoms with Crippen molar-refractivity contribution in [2.45, 2.75) is 13.3 Å². The van der Waals surface area contributed by atoms with Gasteiger partial charge in [0.1, 0.15) is 0 Å². The van der Waals surface area contributed by atoms with Crippen LogP contribution in [-0.4, -0.2) is 0 Å². The van der Waals surface area contributed by atoms with Gasteiger partial charge in [0.05, 0.1) is 11.6 Å². The molecule has 2 rings (SSSR count). The van der Waals surface area contributed by atoms with Gasteiger partial charge in [0, 0.05) is 0 Å². The van der Waals surface area contributed by atoms with Crippen LogP contribution in [-0.2, 0) is 0 Å². The minimum atomic E-state index is 0.766. The van der Waals surface area contributed by atoms with Crippen LogP contribution in [0.3, 0.4) is 0 Å². The first-order valence-electron chi connectivity index (χ1n) is 4.68. The summed E-state index contributed by atoms with van der Waals surface area (Å²) in [7, 11) is 0. The van der Waals surface area contributed by atoms with E-state index in [2.05, 4.69) is 25.1 Å². The number of allylic oxidation sites excluding steroid dienone is 4. The monoisotopic (exact) mass is 181 g/mol. The van der Waals surface area contributed by atoms with Gasteiger partial charge < -0.3 is 0 Å². The molecule has 1 aliphatic rings. The predicted molar refractivity (Wildman–Crippen MR) is 57.5 cm³/mol. The molecule has 1 aromatic carbocycles. The fourth-order valence-corrected chi connectivity index (χ4v) is 1.71. The van der Waals surface area contributed by atoms with Crippen molar-refractivity contribution < 1.29 is 0 Å². The molecule has 0 fully saturated rings. The Morgan fingerprint density at radius 3 is 2.71 bits per heavy atom. The van der Waals surface area contributed by atoms with Gasteiger partial charge in [-0.3, -0.25) is 0 Å². The van der Waals surface area contributed by atoms with Crippen LogP contribution in [0.2, 0.25) is 0 Å². The van der Waals surface area contributed by atoms with Gasteiger partial charge in [0.25, 0.3) is 0 Å². The maximum Gasteiger partial charge on any atom is 0.0998 e. The minimum absolute atomic E-state index is 0.766. The Morgan fingerprint density at radius 1 is 1.29 bits per heavy atom. The molecule has 0 amide bonds. The van der Waals surface area contributed by atoms with Gasteiger partial charge in [-0.2, -0.15) is 5.26 Å². The molecule has 0 spiro atoms. The van der Waals surface area contributed by atoms with Gasteiger partial charge in [0.2, 0.25) is 0 Å². The van der Waals surface area contributed by atoms with Gasteiger partial charge in [0.15, 0.2) is 0 Å². The lowest BCUT2D eigenvalue weighted by Crippen LogP contribution is -1.86. The number of rotatable bonds is 1. The van der Waals surface area contributed by atoms with Crippen LogP contribution in [0.4, 0.5) is 0 Å². The Labute approximate surface area is 84.0 Å². The van der Waals surface area contributed by atoms with Crippen LogP contribution in [0.25, 0.3) is 5.57 Å². The molecule has 0 heterocycles. The maximum atomic E-state index is 8.95. The molecule has 0 saturated carbocycles. The van der Waals surface area contributed by atoms with Crippen LogP contribution < -0.4 is 0 Å². The van der Waals surface area contributed by atoms with E-state index in [0.717, 1.165) is 17.5 Å². The second kappa shape index (κ2) is 3.51. The van der Waals surface area contributed by atoms with Gasteiger partial charge in [-0.15, -0.1) is 0 Å². The first-order chi connectivity index (χ1) is 6.81. The SMILES string of the molecule is CC1=CCC(c2ccccc2C#N)=C1. The summed E-state index contributed by atoms with van der Waals surface area (Å²) in [5.41, 5.74) is 4.37. The van der Waals surface area contributed by atoms with E-state index >= 15 is 0 Å². The zero-order valence-electron chi connectivity index (χ0n) is 8.12. The van der Waals surface area contributed by atoms with Crippen molar-refractivity contribution in [3.8, 4) is 6.07 Å². The number of hydrogen-bond donors (Lipinski definition) is 0. The lowest BCUT2D eigenvalue weighted by atomic mass is 10.00. The number of hydrogen-bond acceptors (Lipinski definition) is 1. The fraction of sp³-hybridized carbons (Fsp3) is 0.154. The highest BCUT2D eigenvalue weighted by Gasteiger charge is 2.09. The van der Waals surface area contributed by atoms with E-state index in [1.807, 2.05) is 24.3 Å². The smallest absolute Gasteiger partial charge is 0.0998 e. The second-order valence-electron chi connectivity index (χ2n) is 3.48. The molecule has 1 nitrogen and oxygen atoms in total. The third kappa shape index (κ3) is 1.47. The number of nitrogens with zero attached hydrogens (tertiary/aromatic N) is 1. The van der Waals surface area contributed by atoms with Gasteiger partial charge in [-0.05, 0) is 30.5 Å². The summed E-state index contributed by atoms with van der Waals surface area (Å²) in [4.78, 5) is 0. The van der Waals surface area contributed by atoms with Crippen molar-refractivity contribution in [3.63, 3.8) is 0 Å². The van der Waals surface area contributed by atoms with Crippen LogP contribution in [0.15, 0.2) is 42.0 Å². The molecule has 0 bridgehead atoms. The van der Waals surface area contributed by atoms with E-state index in [1.165, 1.54) is 11.1 Å². The molecule has 68 valence electrons. The highest BCUT2D eigenvalue weighted by Crippen LogP contribution is 2.28. The zero-order chi connectivity index (χ0) is 9.97. The quantitative estimate of drug-likeness (QED) is 0.652. The highest BCUT2D eigenvalue weighted by atomic mass is 14.2. The van der Waals surface area contributed by atoms with Crippen LogP contribution in [0, 0.1) is 11.3 Å². The lowest BCUT2D eigenvalue weighted by molar-refractivity contribution is 1.39. The molecule has 0 atom stereocenters. The first-order valence-corrected chi connectivity index (χ1v) is 4.68. The Kier molecular flexibility index (Phi) is 2.20. The van der Waals surface area contributed by atoms with E-state index in [0.29, 0.717) is 0 Å². The molecule has 0 radical (unpaired) electrons. The summed E-state index contributed by atoms with van der Waals surface area (Å²) in [6, 6.07) is 9.98. The first kappa shape index (κ1) is 8.77. The molecule has 1 heteroatoms. The van der Waals surface area contributed by atoms with E-state index in [1.54, 1.807) is 0 Å². The molecule has 14 heavy (non-hydrogen) atoms. The molecule has 0 saturated heterocycles. The van der Waals surface area contributed by atoms with Crippen molar-refractivity contribution >= 4 is 5.57 Å². The molecule has 1 aliphatic carbocycles. The standard InChI is InChI=1S/C13H11N/c1-10-6-7-11(8-10)13-5-3-2-4-12(13)9-14/h2-6,8H,7H2,1H3. The third-order valence-corrected chi connectivity index (χ3v) is 2.44.